The number of carboxylic acids is 1. The van der Waals surface area contributed by atoms with Gasteiger partial charge in [0, 0.05) is 22.2 Å². The van der Waals surface area contributed by atoms with Gasteiger partial charge in [0.05, 0.1) is 11.1 Å². The second kappa shape index (κ2) is 10.5. The number of para-hydroxylation sites is 1. The topological polar surface area (TPSA) is 109 Å². The SMILES string of the molecule is CC1=C(C(=O)Nc2ccccc2)C(c2ccc(C(=O)O)cc2)n2nc(SCc3ccc(Cl)cc3)nc2N1. The number of carboxylic acid groups (broad SMARTS) is 1. The molecule has 0 bridgehead atoms. The number of hydrogen-bond acceptors (Lipinski definition) is 6. The van der Waals surface area contributed by atoms with Gasteiger partial charge in [-0.1, -0.05) is 65.8 Å². The minimum Gasteiger partial charge on any atom is -0.478 e. The Morgan fingerprint density at radius 3 is 2.43 bits per heavy atom. The maximum atomic E-state index is 13.5. The van der Waals surface area contributed by atoms with Crippen molar-refractivity contribution >= 4 is 46.9 Å². The molecule has 0 radical (unpaired) electrons. The molecule has 0 spiro atoms. The Hall–Kier alpha value is -4.08. The molecule has 1 amide bonds. The summed E-state index contributed by atoms with van der Waals surface area (Å²) in [6.45, 7) is 1.82. The van der Waals surface area contributed by atoms with Gasteiger partial charge in [0.1, 0.15) is 6.04 Å². The molecule has 3 N–H and O–H groups in total. The highest BCUT2D eigenvalue weighted by atomic mass is 35.5. The Balaban J connectivity index is 1.49. The summed E-state index contributed by atoms with van der Waals surface area (Å²) >= 11 is 7.46. The second-order valence-corrected chi connectivity index (χ2v) is 9.77. The average molecular weight is 532 g/mol. The largest absolute Gasteiger partial charge is 0.478 e. The Morgan fingerprint density at radius 2 is 1.76 bits per heavy atom. The number of halogens is 1. The molecule has 0 fully saturated rings. The van der Waals surface area contributed by atoms with Gasteiger partial charge in [0.15, 0.2) is 0 Å². The number of hydrogen-bond donors (Lipinski definition) is 3. The van der Waals surface area contributed by atoms with Gasteiger partial charge < -0.3 is 15.7 Å². The molecule has 3 aromatic carbocycles. The van der Waals surface area contributed by atoms with Crippen LogP contribution in [0.2, 0.25) is 5.02 Å². The van der Waals surface area contributed by atoms with Gasteiger partial charge in [-0.25, -0.2) is 9.48 Å². The van der Waals surface area contributed by atoms with E-state index in [9.17, 15) is 14.7 Å². The summed E-state index contributed by atoms with van der Waals surface area (Å²) in [5.41, 5.74) is 3.70. The fourth-order valence-electron chi connectivity index (χ4n) is 4.05. The van der Waals surface area contributed by atoms with Crippen LogP contribution in [0.4, 0.5) is 11.6 Å². The Kier molecular flexibility index (Phi) is 6.98. The van der Waals surface area contributed by atoms with Crippen LogP contribution in [0.3, 0.4) is 0 Å². The van der Waals surface area contributed by atoms with Crippen LogP contribution in [0, 0.1) is 0 Å². The van der Waals surface area contributed by atoms with Crippen molar-refractivity contribution in [2.24, 2.45) is 0 Å². The lowest BCUT2D eigenvalue weighted by molar-refractivity contribution is -0.113. The fraction of sp³-hybridized carbons (Fsp3) is 0.111. The average Bonchev–Trinajstić information content (AvgIpc) is 3.30. The summed E-state index contributed by atoms with van der Waals surface area (Å²) in [4.78, 5) is 29.6. The molecule has 0 aliphatic carbocycles. The highest BCUT2D eigenvalue weighted by Gasteiger charge is 2.34. The van der Waals surface area contributed by atoms with Crippen LogP contribution in [0.15, 0.2) is 95.3 Å². The number of anilines is 2. The molecule has 1 aliphatic rings. The standard InChI is InChI=1S/C27H22ClN5O3S/c1-16-22(24(34)30-21-5-3-2-4-6-21)23(18-9-11-19(12-10-18)25(35)36)33-26(29-16)31-27(32-33)37-15-17-7-13-20(28)14-8-17/h2-14,23H,15H2,1H3,(H,30,34)(H,35,36)(H,29,31,32). The van der Waals surface area contributed by atoms with Crippen molar-refractivity contribution in [2.75, 3.05) is 10.6 Å². The number of nitrogens with one attached hydrogen (secondary N) is 2. The van der Waals surface area contributed by atoms with E-state index in [0.717, 1.165) is 5.56 Å². The molecule has 2 heterocycles. The number of aromatic nitrogens is 3. The molecular formula is C27H22ClN5O3S. The molecule has 1 aromatic heterocycles. The molecule has 0 saturated carbocycles. The number of rotatable bonds is 7. The van der Waals surface area contributed by atoms with Crippen molar-refractivity contribution in [3.05, 3.63) is 112 Å². The molecule has 1 aliphatic heterocycles. The van der Waals surface area contributed by atoms with Crippen LogP contribution in [-0.4, -0.2) is 31.7 Å². The third-order valence-electron chi connectivity index (χ3n) is 5.86. The number of carbonyl (C=O) groups excluding carboxylic acids is 1. The summed E-state index contributed by atoms with van der Waals surface area (Å²) in [7, 11) is 0. The van der Waals surface area contributed by atoms with Crippen LogP contribution >= 0.6 is 23.4 Å². The molecule has 5 rings (SSSR count). The van der Waals surface area contributed by atoms with Crippen molar-refractivity contribution in [3.63, 3.8) is 0 Å². The highest BCUT2D eigenvalue weighted by molar-refractivity contribution is 7.98. The molecule has 8 nitrogen and oxygen atoms in total. The molecule has 186 valence electrons. The number of fused-ring (bicyclic) bond motifs is 1. The van der Waals surface area contributed by atoms with Crippen LogP contribution in [0.5, 0.6) is 0 Å². The monoisotopic (exact) mass is 531 g/mol. The first-order valence-corrected chi connectivity index (χ1v) is 12.8. The Labute approximate surface area is 222 Å². The molecule has 10 heteroatoms. The normalized spacial score (nSPS) is 14.6. The van der Waals surface area contributed by atoms with Crippen molar-refractivity contribution in [1.29, 1.82) is 0 Å². The predicted molar refractivity (Wildman–Crippen MR) is 144 cm³/mol. The van der Waals surface area contributed by atoms with E-state index in [1.807, 2.05) is 61.5 Å². The minimum atomic E-state index is -1.02. The number of allylic oxidation sites excluding steroid dienone is 1. The number of aromatic carboxylic acids is 1. The van der Waals surface area contributed by atoms with E-state index >= 15 is 0 Å². The van der Waals surface area contributed by atoms with Gasteiger partial charge in [-0.05, 0) is 54.4 Å². The van der Waals surface area contributed by atoms with Gasteiger partial charge >= 0.3 is 5.97 Å². The molecular weight excluding hydrogens is 510 g/mol. The Bertz CT molecular complexity index is 1480. The number of thioether (sulfide) groups is 1. The lowest BCUT2D eigenvalue weighted by Gasteiger charge is -2.28. The maximum Gasteiger partial charge on any atom is 0.335 e. The first kappa shape index (κ1) is 24.6. The summed E-state index contributed by atoms with van der Waals surface area (Å²) in [6, 6.07) is 22.6. The highest BCUT2D eigenvalue weighted by Crippen LogP contribution is 2.37. The Morgan fingerprint density at radius 1 is 1.05 bits per heavy atom. The van der Waals surface area contributed by atoms with Gasteiger partial charge in [-0.2, -0.15) is 4.98 Å². The minimum absolute atomic E-state index is 0.159. The molecule has 0 saturated heterocycles. The third kappa shape index (κ3) is 5.37. The van der Waals surface area contributed by atoms with Crippen LogP contribution < -0.4 is 10.6 Å². The zero-order valence-electron chi connectivity index (χ0n) is 19.7. The summed E-state index contributed by atoms with van der Waals surface area (Å²) in [6.07, 6.45) is 0. The van der Waals surface area contributed by atoms with E-state index in [1.165, 1.54) is 23.9 Å². The summed E-state index contributed by atoms with van der Waals surface area (Å²) in [5.74, 6) is -0.167. The van der Waals surface area contributed by atoms with Gasteiger partial charge in [-0.15, -0.1) is 5.10 Å². The molecule has 1 unspecified atom stereocenters. The van der Waals surface area contributed by atoms with Crippen LogP contribution in [-0.2, 0) is 10.5 Å². The number of nitrogens with zero attached hydrogens (tertiary/aromatic N) is 3. The molecule has 1 atom stereocenters. The number of amides is 1. The van der Waals surface area contributed by atoms with Gasteiger partial charge in [0.25, 0.3) is 5.91 Å². The van der Waals surface area contributed by atoms with Crippen LogP contribution in [0.1, 0.15) is 34.5 Å². The quantitative estimate of drug-likeness (QED) is 0.257. The fourth-order valence-corrected chi connectivity index (χ4v) is 4.96. The first-order chi connectivity index (χ1) is 17.9. The lowest BCUT2D eigenvalue weighted by Crippen LogP contribution is -2.31. The van der Waals surface area contributed by atoms with Crippen LogP contribution in [0.25, 0.3) is 0 Å². The van der Waals surface area contributed by atoms with Crippen molar-refractivity contribution < 1.29 is 14.7 Å². The van der Waals surface area contributed by atoms with E-state index in [2.05, 4.69) is 15.6 Å². The van der Waals surface area contributed by atoms with E-state index in [1.54, 1.807) is 16.8 Å². The third-order valence-corrected chi connectivity index (χ3v) is 7.02. The van der Waals surface area contributed by atoms with E-state index < -0.39 is 12.0 Å². The summed E-state index contributed by atoms with van der Waals surface area (Å²) in [5, 5.41) is 21.4. The number of benzene rings is 3. The van der Waals surface area contributed by atoms with Gasteiger partial charge in [0.2, 0.25) is 11.1 Å². The maximum absolute atomic E-state index is 13.5. The van der Waals surface area contributed by atoms with E-state index in [4.69, 9.17) is 16.7 Å². The van der Waals surface area contributed by atoms with E-state index in [-0.39, 0.29) is 11.5 Å². The zero-order chi connectivity index (χ0) is 25.9. The molecule has 4 aromatic rings. The smallest absolute Gasteiger partial charge is 0.335 e. The van der Waals surface area contributed by atoms with Crippen molar-refractivity contribution in [1.82, 2.24) is 14.8 Å². The first-order valence-electron chi connectivity index (χ1n) is 11.4. The van der Waals surface area contributed by atoms with Crippen molar-refractivity contribution in [2.45, 2.75) is 23.9 Å². The zero-order valence-corrected chi connectivity index (χ0v) is 21.3. The number of carbonyl (C=O) groups is 2. The second-order valence-electron chi connectivity index (χ2n) is 8.39. The van der Waals surface area contributed by atoms with Gasteiger partial charge in [-0.3, -0.25) is 4.79 Å². The molecule has 37 heavy (non-hydrogen) atoms. The summed E-state index contributed by atoms with van der Waals surface area (Å²) < 4.78 is 1.67. The predicted octanol–water partition coefficient (Wildman–Crippen LogP) is 5.85. The van der Waals surface area contributed by atoms with Crippen molar-refractivity contribution in [3.8, 4) is 0 Å². The lowest BCUT2D eigenvalue weighted by atomic mass is 9.94. The van der Waals surface area contributed by atoms with E-state index in [0.29, 0.717) is 44.4 Å².